The minimum absolute atomic E-state index is 0.0103. The van der Waals surface area contributed by atoms with Crippen LogP contribution < -0.4 is 10.6 Å². The van der Waals surface area contributed by atoms with Gasteiger partial charge in [0.1, 0.15) is 11.6 Å². The highest BCUT2D eigenvalue weighted by atomic mass is 19.1. The maximum Gasteiger partial charge on any atom is 0.175 e. The number of carbonyl (C=O) groups excluding carboxylic acids is 1. The molecule has 1 unspecified atom stereocenters. The number of Topliss-reactive ketones (excluding diaryl/α,β-unsaturated/α-hetero) is 1. The van der Waals surface area contributed by atoms with Gasteiger partial charge in [-0.1, -0.05) is 18.2 Å². The molecule has 1 aromatic carbocycles. The van der Waals surface area contributed by atoms with Crippen LogP contribution in [-0.4, -0.2) is 29.1 Å². The molecule has 5 nitrogen and oxygen atoms in total. The van der Waals surface area contributed by atoms with Crippen molar-refractivity contribution in [3.05, 3.63) is 58.7 Å². The first-order valence-electron chi connectivity index (χ1n) is 6.77. The number of nitrogens with one attached hydrogen (secondary N) is 3. The van der Waals surface area contributed by atoms with E-state index in [1.165, 1.54) is 6.07 Å². The smallest absolute Gasteiger partial charge is 0.175 e. The van der Waals surface area contributed by atoms with Crippen LogP contribution in [0.25, 0.3) is 0 Å². The van der Waals surface area contributed by atoms with E-state index in [9.17, 15) is 9.18 Å². The summed E-state index contributed by atoms with van der Waals surface area (Å²) in [5.41, 5.74) is 2.72. The number of ketones is 1. The number of anilines is 1. The van der Waals surface area contributed by atoms with Crippen molar-refractivity contribution in [3.63, 3.8) is 0 Å². The summed E-state index contributed by atoms with van der Waals surface area (Å²) in [6.07, 6.45) is 1.65. The maximum atomic E-state index is 14.3. The molecule has 3 N–H and O–H groups in total. The third-order valence-electron chi connectivity index (χ3n) is 3.97. The summed E-state index contributed by atoms with van der Waals surface area (Å²) in [6, 6.07) is 6.58. The molecule has 2 aromatic rings. The third kappa shape index (κ3) is 1.80. The Morgan fingerprint density at radius 2 is 2.05 bits per heavy atom. The molecule has 0 fully saturated rings. The molecule has 6 heteroatoms. The Bertz CT molecular complexity index is 765. The summed E-state index contributed by atoms with van der Waals surface area (Å²) in [5, 5.41) is 13.1. The molecule has 1 atom stereocenters. The fourth-order valence-corrected chi connectivity index (χ4v) is 3.06. The fourth-order valence-electron chi connectivity index (χ4n) is 3.06. The van der Waals surface area contributed by atoms with E-state index < -0.39 is 5.92 Å². The minimum atomic E-state index is -0.411. The highest BCUT2D eigenvalue weighted by Gasteiger charge is 2.37. The number of benzene rings is 1. The fraction of sp³-hybridized carbons (Fsp3) is 0.200. The van der Waals surface area contributed by atoms with E-state index >= 15 is 0 Å². The number of aromatic amines is 1. The highest BCUT2D eigenvalue weighted by Crippen LogP contribution is 2.42. The summed E-state index contributed by atoms with van der Waals surface area (Å²) in [5.74, 6) is -0.0112. The zero-order valence-corrected chi connectivity index (χ0v) is 11.1. The molecule has 2 aliphatic rings. The zero-order chi connectivity index (χ0) is 14.4. The first kappa shape index (κ1) is 12.3. The van der Waals surface area contributed by atoms with Crippen molar-refractivity contribution in [2.45, 2.75) is 5.92 Å². The van der Waals surface area contributed by atoms with Gasteiger partial charge in [-0.05, 0) is 6.07 Å². The van der Waals surface area contributed by atoms with Crippen molar-refractivity contribution in [2.75, 3.05) is 18.4 Å². The van der Waals surface area contributed by atoms with Gasteiger partial charge < -0.3 is 10.6 Å². The number of rotatable bonds is 1. The minimum Gasteiger partial charge on any atom is -0.342 e. The first-order chi connectivity index (χ1) is 10.3. The third-order valence-corrected chi connectivity index (χ3v) is 3.97. The lowest BCUT2D eigenvalue weighted by molar-refractivity contribution is -0.115. The molecule has 0 amide bonds. The SMILES string of the molecule is O=C1CNCC2=C1C(c1ccccc1F)c1cn[nH]c1N2. The van der Waals surface area contributed by atoms with Crippen molar-refractivity contribution in [1.29, 1.82) is 0 Å². The number of fused-ring (bicyclic) bond motifs is 1. The van der Waals surface area contributed by atoms with Crippen LogP contribution in [0.3, 0.4) is 0 Å². The number of aromatic nitrogens is 2. The van der Waals surface area contributed by atoms with Gasteiger partial charge in [0.05, 0.1) is 12.7 Å². The second-order valence-electron chi connectivity index (χ2n) is 5.20. The second-order valence-corrected chi connectivity index (χ2v) is 5.20. The van der Waals surface area contributed by atoms with Crippen LogP contribution in [0.4, 0.5) is 10.2 Å². The molecule has 4 rings (SSSR count). The van der Waals surface area contributed by atoms with Crippen molar-refractivity contribution in [1.82, 2.24) is 15.5 Å². The van der Waals surface area contributed by atoms with Crippen LogP contribution in [0.15, 0.2) is 41.7 Å². The average Bonchev–Trinajstić information content (AvgIpc) is 2.94. The van der Waals surface area contributed by atoms with E-state index in [1.54, 1.807) is 24.4 Å². The number of hydrogen-bond donors (Lipinski definition) is 3. The van der Waals surface area contributed by atoms with Gasteiger partial charge in [-0.3, -0.25) is 9.89 Å². The standard InChI is InChI=1S/C15H13FN4O/c16-10-4-2-1-3-8(10)13-9-5-18-20-15(9)19-11-6-17-7-12(21)14(11)13/h1-5,13,17H,6-7H2,(H2,18,19,20). The predicted octanol–water partition coefficient (Wildman–Crippen LogP) is 1.53. The molecule has 1 aromatic heterocycles. The van der Waals surface area contributed by atoms with Gasteiger partial charge >= 0.3 is 0 Å². The van der Waals surface area contributed by atoms with Gasteiger partial charge in [0.25, 0.3) is 0 Å². The lowest BCUT2D eigenvalue weighted by atomic mass is 9.79. The summed E-state index contributed by atoms with van der Waals surface area (Å²) in [4.78, 5) is 12.3. The maximum absolute atomic E-state index is 14.3. The summed E-state index contributed by atoms with van der Waals surface area (Å²) in [6.45, 7) is 0.836. The molecule has 0 aliphatic carbocycles. The van der Waals surface area contributed by atoms with E-state index in [-0.39, 0.29) is 18.1 Å². The Morgan fingerprint density at radius 3 is 2.90 bits per heavy atom. The van der Waals surface area contributed by atoms with Gasteiger partial charge in [-0.25, -0.2) is 4.39 Å². The van der Waals surface area contributed by atoms with Crippen LogP contribution in [0.2, 0.25) is 0 Å². The van der Waals surface area contributed by atoms with Crippen LogP contribution in [-0.2, 0) is 4.79 Å². The van der Waals surface area contributed by atoms with Crippen LogP contribution in [0.1, 0.15) is 17.0 Å². The van der Waals surface area contributed by atoms with Crippen molar-refractivity contribution in [2.24, 2.45) is 0 Å². The molecule has 0 saturated heterocycles. The van der Waals surface area contributed by atoms with Crippen molar-refractivity contribution in [3.8, 4) is 0 Å². The van der Waals surface area contributed by atoms with Gasteiger partial charge in [0, 0.05) is 34.9 Å². The Balaban J connectivity index is 1.96. The number of hydrogen-bond acceptors (Lipinski definition) is 4. The summed E-state index contributed by atoms with van der Waals surface area (Å²) < 4.78 is 14.3. The molecule has 0 spiro atoms. The second kappa shape index (κ2) is 4.53. The monoisotopic (exact) mass is 284 g/mol. The Morgan fingerprint density at radius 1 is 1.19 bits per heavy atom. The lowest BCUT2D eigenvalue weighted by Gasteiger charge is -2.32. The van der Waals surface area contributed by atoms with E-state index in [0.29, 0.717) is 17.7 Å². The summed E-state index contributed by atoms with van der Waals surface area (Å²) >= 11 is 0. The van der Waals surface area contributed by atoms with E-state index in [4.69, 9.17) is 0 Å². The van der Waals surface area contributed by atoms with Crippen molar-refractivity contribution >= 4 is 11.6 Å². The predicted molar refractivity (Wildman–Crippen MR) is 75.4 cm³/mol. The lowest BCUT2D eigenvalue weighted by Crippen LogP contribution is -2.39. The van der Waals surface area contributed by atoms with Crippen LogP contribution in [0, 0.1) is 5.82 Å². The van der Waals surface area contributed by atoms with E-state index in [0.717, 1.165) is 17.1 Å². The highest BCUT2D eigenvalue weighted by molar-refractivity contribution is 6.02. The van der Waals surface area contributed by atoms with E-state index in [1.807, 2.05) is 0 Å². The Hall–Kier alpha value is -2.47. The first-order valence-corrected chi connectivity index (χ1v) is 6.77. The molecule has 3 heterocycles. The molecule has 2 aliphatic heterocycles. The van der Waals surface area contributed by atoms with Crippen LogP contribution >= 0.6 is 0 Å². The zero-order valence-electron chi connectivity index (χ0n) is 11.1. The Labute approximate surface area is 120 Å². The van der Waals surface area contributed by atoms with E-state index in [2.05, 4.69) is 20.8 Å². The number of H-pyrrole nitrogens is 1. The average molecular weight is 284 g/mol. The number of halogens is 1. The van der Waals surface area contributed by atoms with Gasteiger partial charge in [-0.15, -0.1) is 0 Å². The molecule has 21 heavy (non-hydrogen) atoms. The van der Waals surface area contributed by atoms with Crippen LogP contribution in [0.5, 0.6) is 0 Å². The van der Waals surface area contributed by atoms with Crippen molar-refractivity contribution < 1.29 is 9.18 Å². The van der Waals surface area contributed by atoms with Gasteiger partial charge in [-0.2, -0.15) is 5.10 Å². The largest absolute Gasteiger partial charge is 0.342 e. The topological polar surface area (TPSA) is 69.8 Å². The molecular formula is C15H13FN4O. The molecule has 106 valence electrons. The molecule has 0 radical (unpaired) electrons. The number of carbonyl (C=O) groups is 1. The summed E-state index contributed by atoms with van der Waals surface area (Å²) in [7, 11) is 0. The van der Waals surface area contributed by atoms with Gasteiger partial charge in [0.2, 0.25) is 0 Å². The number of nitrogens with zero attached hydrogens (tertiary/aromatic N) is 1. The molecule has 0 bridgehead atoms. The van der Waals surface area contributed by atoms with Gasteiger partial charge in [0.15, 0.2) is 5.78 Å². The quantitative estimate of drug-likeness (QED) is 0.743. The normalized spacial score (nSPS) is 20.8. The Kier molecular flexibility index (Phi) is 2.65. The molecular weight excluding hydrogens is 271 g/mol. The molecule has 0 saturated carbocycles.